The molecule has 0 spiro atoms. The summed E-state index contributed by atoms with van der Waals surface area (Å²) in [6.07, 6.45) is 1.92. The van der Waals surface area contributed by atoms with E-state index >= 15 is 0 Å². The highest BCUT2D eigenvalue weighted by Crippen LogP contribution is 2.41. The van der Waals surface area contributed by atoms with Crippen LogP contribution in [0.15, 0.2) is 97.2 Å². The van der Waals surface area contributed by atoms with Gasteiger partial charge in [0.15, 0.2) is 5.78 Å². The third-order valence-corrected chi connectivity index (χ3v) is 5.18. The molecule has 5 rings (SSSR count). The van der Waals surface area contributed by atoms with E-state index in [1.165, 1.54) is 0 Å². The molecule has 1 aliphatic heterocycles. The van der Waals surface area contributed by atoms with Gasteiger partial charge in [0.1, 0.15) is 0 Å². The molecule has 0 fully saturated rings. The number of ketones is 1. The highest BCUT2D eigenvalue weighted by Gasteiger charge is 2.32. The fraction of sp³-hybridized carbons (Fsp3) is 0.0400. The van der Waals surface area contributed by atoms with Crippen molar-refractivity contribution in [3.63, 3.8) is 0 Å². The molecule has 0 radical (unpaired) electrons. The zero-order chi connectivity index (χ0) is 18.9. The molecule has 1 atom stereocenters. The second kappa shape index (κ2) is 6.78. The largest absolute Gasteiger partial charge is 0.361 e. The molecule has 1 aromatic heterocycles. The van der Waals surface area contributed by atoms with Crippen LogP contribution < -0.4 is 5.32 Å². The minimum Gasteiger partial charge on any atom is -0.361 e. The number of pyridine rings is 1. The smallest absolute Gasteiger partial charge is 0.174 e. The summed E-state index contributed by atoms with van der Waals surface area (Å²) in [6.45, 7) is 0. The second-order valence-electron chi connectivity index (χ2n) is 6.88. The van der Waals surface area contributed by atoms with E-state index in [2.05, 4.69) is 11.4 Å². The number of nitrogens with one attached hydrogen (secondary N) is 1. The minimum atomic E-state index is -0.395. The Kier molecular flexibility index (Phi) is 3.99. The summed E-state index contributed by atoms with van der Waals surface area (Å²) in [6, 6.07) is 29.5. The van der Waals surface area contributed by atoms with Gasteiger partial charge in [0.25, 0.3) is 0 Å². The average Bonchev–Trinajstić information content (AvgIpc) is 2.78. The molecule has 2 heterocycles. The number of anilines is 1. The van der Waals surface area contributed by atoms with Gasteiger partial charge in [-0.3, -0.25) is 4.79 Å². The molecule has 0 bridgehead atoms. The van der Waals surface area contributed by atoms with Gasteiger partial charge in [0.2, 0.25) is 0 Å². The lowest BCUT2D eigenvalue weighted by Crippen LogP contribution is -2.20. The molecule has 1 N–H and O–H groups in total. The number of rotatable bonds is 3. The molecule has 3 heteroatoms. The number of hydrogen-bond donors (Lipinski definition) is 1. The van der Waals surface area contributed by atoms with Gasteiger partial charge in [0.05, 0.1) is 17.1 Å². The summed E-state index contributed by atoms with van der Waals surface area (Å²) in [4.78, 5) is 18.4. The topological polar surface area (TPSA) is 42.0 Å². The van der Waals surface area contributed by atoms with E-state index < -0.39 is 5.92 Å². The normalized spacial score (nSPS) is 15.4. The lowest BCUT2D eigenvalue weighted by atomic mass is 9.81. The molecule has 1 unspecified atom stereocenters. The molecular formula is C25H18N2O. The van der Waals surface area contributed by atoms with Crippen molar-refractivity contribution < 1.29 is 4.79 Å². The first-order valence-electron chi connectivity index (χ1n) is 9.32. The van der Waals surface area contributed by atoms with E-state index in [-0.39, 0.29) is 5.78 Å². The van der Waals surface area contributed by atoms with Gasteiger partial charge in [-0.2, -0.15) is 0 Å². The van der Waals surface area contributed by atoms with Crippen LogP contribution in [0.1, 0.15) is 27.5 Å². The Labute approximate surface area is 163 Å². The number of fused-ring (bicyclic) bond motifs is 2. The van der Waals surface area contributed by atoms with Gasteiger partial charge in [-0.05, 0) is 23.8 Å². The van der Waals surface area contributed by atoms with E-state index in [1.807, 2.05) is 91.1 Å². The highest BCUT2D eigenvalue weighted by molar-refractivity contribution is 6.10. The van der Waals surface area contributed by atoms with Crippen LogP contribution in [-0.2, 0) is 0 Å². The number of Topliss-reactive ketones (excluding diaryl/α,β-unsaturated/α-hetero) is 1. The average molecular weight is 362 g/mol. The predicted molar refractivity (Wildman–Crippen MR) is 113 cm³/mol. The van der Waals surface area contributed by atoms with Gasteiger partial charge in [-0.1, -0.05) is 72.8 Å². The van der Waals surface area contributed by atoms with Crippen molar-refractivity contribution in [1.29, 1.82) is 0 Å². The van der Waals surface area contributed by atoms with Gasteiger partial charge >= 0.3 is 0 Å². The molecule has 1 aliphatic rings. The summed E-state index contributed by atoms with van der Waals surface area (Å²) in [5, 5.41) is 4.43. The van der Waals surface area contributed by atoms with Crippen LogP contribution in [0.25, 0.3) is 16.5 Å². The number of para-hydroxylation sites is 2. The maximum Gasteiger partial charge on any atom is 0.174 e. The van der Waals surface area contributed by atoms with E-state index in [0.717, 1.165) is 33.4 Å². The number of carbonyl (C=O) groups excluding carboxylic acids is 1. The molecule has 0 aliphatic carbocycles. The zero-order valence-corrected chi connectivity index (χ0v) is 15.2. The Morgan fingerprint density at radius 3 is 2.43 bits per heavy atom. The van der Waals surface area contributed by atoms with Crippen molar-refractivity contribution >= 4 is 27.9 Å². The van der Waals surface area contributed by atoms with Crippen molar-refractivity contribution in [3.8, 4) is 0 Å². The van der Waals surface area contributed by atoms with Gasteiger partial charge < -0.3 is 5.32 Å². The first-order valence-corrected chi connectivity index (χ1v) is 9.32. The quantitative estimate of drug-likeness (QED) is 0.478. The van der Waals surface area contributed by atoms with Crippen molar-refractivity contribution in [3.05, 3.63) is 114 Å². The van der Waals surface area contributed by atoms with Crippen LogP contribution in [0, 0.1) is 0 Å². The summed E-state index contributed by atoms with van der Waals surface area (Å²) in [5.41, 5.74) is 5.26. The summed E-state index contributed by atoms with van der Waals surface area (Å²) < 4.78 is 0. The number of nitrogens with zero attached hydrogens (tertiary/aromatic N) is 1. The number of aromatic nitrogens is 1. The standard InChI is InChI=1S/C25H18N2O/c28-25(18-9-2-1-3-10-18)24-19-11-5-7-13-22(19)26-16-20(24)23-15-14-17-8-4-6-12-21(17)27-23/h1-16,24,26H. The van der Waals surface area contributed by atoms with E-state index in [0.29, 0.717) is 5.56 Å². The fourth-order valence-corrected chi connectivity index (χ4v) is 3.79. The Morgan fingerprint density at radius 2 is 1.54 bits per heavy atom. The highest BCUT2D eigenvalue weighted by atomic mass is 16.1. The number of carbonyl (C=O) groups is 1. The van der Waals surface area contributed by atoms with Crippen molar-refractivity contribution in [1.82, 2.24) is 4.98 Å². The van der Waals surface area contributed by atoms with Crippen LogP contribution in [-0.4, -0.2) is 10.8 Å². The zero-order valence-electron chi connectivity index (χ0n) is 15.2. The van der Waals surface area contributed by atoms with Gasteiger partial charge in [0, 0.05) is 28.4 Å². The van der Waals surface area contributed by atoms with Crippen LogP contribution in [0.3, 0.4) is 0 Å². The van der Waals surface area contributed by atoms with Crippen molar-refractivity contribution in [2.24, 2.45) is 0 Å². The first-order chi connectivity index (χ1) is 13.8. The molecule has 0 saturated carbocycles. The van der Waals surface area contributed by atoms with Crippen LogP contribution in [0.4, 0.5) is 5.69 Å². The van der Waals surface area contributed by atoms with Crippen LogP contribution in [0.2, 0.25) is 0 Å². The summed E-state index contributed by atoms with van der Waals surface area (Å²) in [7, 11) is 0. The Bertz CT molecular complexity index is 1210. The first kappa shape index (κ1) is 16.5. The third-order valence-electron chi connectivity index (χ3n) is 5.18. The van der Waals surface area contributed by atoms with E-state index in [9.17, 15) is 4.79 Å². The number of allylic oxidation sites excluding steroid dienone is 1. The molecule has 0 saturated heterocycles. The molecule has 3 nitrogen and oxygen atoms in total. The van der Waals surface area contributed by atoms with Crippen LogP contribution >= 0.6 is 0 Å². The second-order valence-corrected chi connectivity index (χ2v) is 6.88. The number of benzene rings is 3. The molecule has 0 amide bonds. The molecule has 28 heavy (non-hydrogen) atoms. The Hall–Kier alpha value is -3.72. The summed E-state index contributed by atoms with van der Waals surface area (Å²) >= 11 is 0. The SMILES string of the molecule is O=C(c1ccccc1)C1C(c2ccc3ccccc3n2)=CNc2ccccc21. The predicted octanol–water partition coefficient (Wildman–Crippen LogP) is 5.67. The molecule has 4 aromatic rings. The maximum atomic E-state index is 13.5. The Morgan fingerprint density at radius 1 is 0.786 bits per heavy atom. The van der Waals surface area contributed by atoms with E-state index in [1.54, 1.807) is 0 Å². The van der Waals surface area contributed by atoms with Crippen molar-refractivity contribution in [2.75, 3.05) is 5.32 Å². The van der Waals surface area contributed by atoms with Gasteiger partial charge in [-0.15, -0.1) is 0 Å². The lowest BCUT2D eigenvalue weighted by molar-refractivity contribution is 0.0979. The fourth-order valence-electron chi connectivity index (χ4n) is 3.79. The van der Waals surface area contributed by atoms with Crippen molar-refractivity contribution in [2.45, 2.75) is 5.92 Å². The molecule has 134 valence electrons. The number of hydrogen-bond acceptors (Lipinski definition) is 3. The lowest BCUT2D eigenvalue weighted by Gasteiger charge is -2.27. The monoisotopic (exact) mass is 362 g/mol. The molecular weight excluding hydrogens is 344 g/mol. The third kappa shape index (κ3) is 2.78. The van der Waals surface area contributed by atoms with Crippen LogP contribution in [0.5, 0.6) is 0 Å². The molecule has 3 aromatic carbocycles. The van der Waals surface area contributed by atoms with E-state index in [4.69, 9.17) is 4.98 Å². The van der Waals surface area contributed by atoms with Gasteiger partial charge in [-0.25, -0.2) is 4.98 Å². The minimum absolute atomic E-state index is 0.0794. The Balaban J connectivity index is 1.66. The maximum absolute atomic E-state index is 13.5. The summed E-state index contributed by atoms with van der Waals surface area (Å²) in [5.74, 6) is -0.315.